The van der Waals surface area contributed by atoms with Crippen LogP contribution in [0.3, 0.4) is 0 Å². The average molecular weight is 526 g/mol. The van der Waals surface area contributed by atoms with E-state index in [1.807, 2.05) is 30.3 Å². The molecule has 0 spiro atoms. The van der Waals surface area contributed by atoms with Crippen LogP contribution >= 0.6 is 34.8 Å². The second-order valence-electron chi connectivity index (χ2n) is 7.72. The van der Waals surface area contributed by atoms with Crippen molar-refractivity contribution >= 4 is 46.4 Å². The first-order valence-electron chi connectivity index (χ1n) is 11.4. The van der Waals surface area contributed by atoms with Crippen LogP contribution in [0.1, 0.15) is 59.3 Å². The molecule has 0 saturated heterocycles. The van der Waals surface area contributed by atoms with Crippen molar-refractivity contribution in [1.82, 2.24) is 15.0 Å². The second kappa shape index (κ2) is 14.2. The van der Waals surface area contributed by atoms with Crippen LogP contribution in [0.25, 0.3) is 0 Å². The number of nitrogens with zero attached hydrogens (tertiary/aromatic N) is 3. The van der Waals surface area contributed by atoms with Gasteiger partial charge in [0.1, 0.15) is 5.60 Å². The molecule has 3 rings (SSSR count). The summed E-state index contributed by atoms with van der Waals surface area (Å²) in [5.41, 5.74) is 0.538. The van der Waals surface area contributed by atoms with Crippen molar-refractivity contribution in [3.05, 3.63) is 64.1 Å². The van der Waals surface area contributed by atoms with Gasteiger partial charge in [-0.25, -0.2) is 0 Å². The van der Waals surface area contributed by atoms with E-state index >= 15 is 0 Å². The van der Waals surface area contributed by atoms with E-state index in [4.69, 9.17) is 39.5 Å². The molecule has 0 aliphatic heterocycles. The van der Waals surface area contributed by atoms with Crippen molar-refractivity contribution in [2.24, 2.45) is 0 Å². The number of halogens is 3. The Labute approximate surface area is 216 Å². The van der Waals surface area contributed by atoms with E-state index in [2.05, 4.69) is 41.0 Å². The van der Waals surface area contributed by atoms with Gasteiger partial charge in [-0.15, -0.1) is 0 Å². The third-order valence-electron chi connectivity index (χ3n) is 5.42. The number of hydrogen-bond acceptors (Lipinski definition) is 6. The van der Waals surface area contributed by atoms with Gasteiger partial charge in [0, 0.05) is 0 Å². The van der Waals surface area contributed by atoms with E-state index in [1.54, 1.807) is 18.2 Å². The lowest BCUT2D eigenvalue weighted by Crippen LogP contribution is -2.34. The number of ether oxygens (including phenoxy) is 1. The van der Waals surface area contributed by atoms with Crippen LogP contribution in [0, 0.1) is 0 Å². The van der Waals surface area contributed by atoms with Gasteiger partial charge in [0.05, 0.1) is 10.7 Å². The van der Waals surface area contributed by atoms with E-state index in [-0.39, 0.29) is 27.9 Å². The number of phenolic OH excluding ortho intramolecular Hbond substituents is 1. The van der Waals surface area contributed by atoms with Gasteiger partial charge in [-0.2, -0.15) is 15.0 Å². The Hall–Kier alpha value is -2.28. The second-order valence-corrected chi connectivity index (χ2v) is 8.80. The highest BCUT2D eigenvalue weighted by Crippen LogP contribution is 2.34. The van der Waals surface area contributed by atoms with Gasteiger partial charge in [-0.1, -0.05) is 69.5 Å². The summed E-state index contributed by atoms with van der Waals surface area (Å²) in [5, 5.41) is 13.3. The first-order valence-corrected chi connectivity index (χ1v) is 12.5. The Kier molecular flexibility index (Phi) is 11.7. The molecule has 0 radical (unpaired) electrons. The highest BCUT2D eigenvalue weighted by atomic mass is 35.5. The average Bonchev–Trinajstić information content (AvgIpc) is 2.81. The van der Waals surface area contributed by atoms with E-state index in [9.17, 15) is 5.11 Å². The van der Waals surface area contributed by atoms with Crippen LogP contribution in [0.4, 0.5) is 11.6 Å². The molecule has 184 valence electrons. The van der Waals surface area contributed by atoms with Crippen LogP contribution in [0.2, 0.25) is 15.6 Å². The number of unbranched alkanes of at least 4 members (excludes halogenated alkanes) is 2. The van der Waals surface area contributed by atoms with Crippen molar-refractivity contribution in [2.45, 2.75) is 64.9 Å². The topological polar surface area (TPSA) is 80.2 Å². The van der Waals surface area contributed by atoms with Crippen molar-refractivity contribution in [3.63, 3.8) is 0 Å². The Morgan fingerprint density at radius 1 is 0.853 bits per heavy atom. The number of phenols is 1. The molecule has 34 heavy (non-hydrogen) atoms. The molecule has 3 aromatic rings. The maximum absolute atomic E-state index is 9.81. The minimum Gasteiger partial charge on any atom is -0.504 e. The quantitative estimate of drug-likeness (QED) is 0.258. The molecule has 0 saturated carbocycles. The first kappa shape index (κ1) is 28.0. The van der Waals surface area contributed by atoms with E-state index in [0.717, 1.165) is 19.3 Å². The van der Waals surface area contributed by atoms with Crippen molar-refractivity contribution in [1.29, 1.82) is 0 Å². The first-order chi connectivity index (χ1) is 16.3. The van der Waals surface area contributed by atoms with Gasteiger partial charge in [-0.05, 0) is 73.2 Å². The molecule has 0 aliphatic carbocycles. The van der Waals surface area contributed by atoms with Gasteiger partial charge < -0.3 is 15.2 Å². The zero-order valence-electron chi connectivity index (χ0n) is 19.7. The van der Waals surface area contributed by atoms with Crippen LogP contribution in [0.5, 0.6) is 11.5 Å². The molecule has 9 heteroatoms. The standard InChI is InChI=1S/C16H26O2.C9H5Cl3N4/c1-4-7-10-13-16(5-2,6-3)18-15-12-9-8-11-14(15)17;10-5-3-1-2-4-6(5)13-9-15-7(11)14-8(12)16-9/h8-9,11-12,17H,4-7,10,13H2,1-3H3;1-4H,(H,13,14,15,16). The van der Waals surface area contributed by atoms with Gasteiger partial charge in [-0.3, -0.25) is 0 Å². The predicted molar refractivity (Wildman–Crippen MR) is 141 cm³/mol. The Morgan fingerprint density at radius 3 is 2.06 bits per heavy atom. The Morgan fingerprint density at radius 2 is 1.47 bits per heavy atom. The lowest BCUT2D eigenvalue weighted by molar-refractivity contribution is 0.0456. The number of rotatable bonds is 10. The molecule has 0 bridgehead atoms. The van der Waals surface area contributed by atoms with Gasteiger partial charge in [0.15, 0.2) is 11.5 Å². The van der Waals surface area contributed by atoms with Crippen LogP contribution in [-0.4, -0.2) is 25.7 Å². The van der Waals surface area contributed by atoms with Crippen molar-refractivity contribution in [2.75, 3.05) is 5.32 Å². The lowest BCUT2D eigenvalue weighted by Gasteiger charge is -2.33. The summed E-state index contributed by atoms with van der Waals surface area (Å²) in [6.45, 7) is 6.54. The van der Waals surface area contributed by atoms with E-state index in [0.29, 0.717) is 16.5 Å². The molecule has 2 N–H and O–H groups in total. The summed E-state index contributed by atoms with van der Waals surface area (Å²) in [7, 11) is 0. The van der Waals surface area contributed by atoms with Crippen LogP contribution in [0.15, 0.2) is 48.5 Å². The molecule has 6 nitrogen and oxygen atoms in total. The summed E-state index contributed by atoms with van der Waals surface area (Å²) in [6, 6.07) is 14.4. The minimum atomic E-state index is -0.131. The summed E-state index contributed by atoms with van der Waals surface area (Å²) in [4.78, 5) is 11.4. The normalized spacial score (nSPS) is 10.9. The zero-order valence-corrected chi connectivity index (χ0v) is 22.0. The number of benzene rings is 2. The molecule has 1 heterocycles. The van der Waals surface area contributed by atoms with Gasteiger partial charge in [0.25, 0.3) is 0 Å². The third-order valence-corrected chi connectivity index (χ3v) is 6.09. The van der Waals surface area contributed by atoms with Gasteiger partial charge in [0.2, 0.25) is 16.5 Å². The number of aromatic hydroxyl groups is 1. The molecule has 0 amide bonds. The lowest BCUT2D eigenvalue weighted by atomic mass is 9.90. The molecular formula is C25H31Cl3N4O2. The summed E-state index contributed by atoms with van der Waals surface area (Å²) < 4.78 is 6.13. The highest BCUT2D eigenvalue weighted by Gasteiger charge is 2.28. The molecule has 0 unspecified atom stereocenters. The fourth-order valence-corrected chi connectivity index (χ4v) is 3.88. The number of anilines is 2. The number of nitrogens with one attached hydrogen (secondary N) is 1. The maximum atomic E-state index is 9.81. The largest absolute Gasteiger partial charge is 0.504 e. The Balaban J connectivity index is 0.000000241. The fourth-order valence-electron chi connectivity index (χ4n) is 3.34. The maximum Gasteiger partial charge on any atom is 0.232 e. The minimum absolute atomic E-state index is 0.0227. The SMILES string of the molecule is CCCCCC(CC)(CC)Oc1ccccc1O.Clc1nc(Cl)nc(Nc2ccccc2Cl)n1. The number of para-hydroxylation sites is 3. The van der Waals surface area contributed by atoms with E-state index in [1.165, 1.54) is 19.3 Å². The molecule has 1 aromatic heterocycles. The monoisotopic (exact) mass is 524 g/mol. The summed E-state index contributed by atoms with van der Waals surface area (Å²) >= 11 is 17.2. The van der Waals surface area contributed by atoms with E-state index < -0.39 is 0 Å². The molecular weight excluding hydrogens is 495 g/mol. The molecule has 0 atom stereocenters. The fraction of sp³-hybridized carbons (Fsp3) is 0.400. The predicted octanol–water partition coefficient (Wildman–Crippen LogP) is 8.49. The summed E-state index contributed by atoms with van der Waals surface area (Å²) in [6.07, 6.45) is 6.66. The van der Waals surface area contributed by atoms with Crippen LogP contribution < -0.4 is 10.1 Å². The number of hydrogen-bond donors (Lipinski definition) is 2. The highest BCUT2D eigenvalue weighted by molar-refractivity contribution is 6.33. The van der Waals surface area contributed by atoms with Gasteiger partial charge >= 0.3 is 0 Å². The van der Waals surface area contributed by atoms with Crippen molar-refractivity contribution < 1.29 is 9.84 Å². The zero-order chi connectivity index (χ0) is 25.0. The number of aromatic nitrogens is 3. The summed E-state index contributed by atoms with van der Waals surface area (Å²) in [5.74, 6) is 1.09. The molecule has 0 aliphatic rings. The smallest absolute Gasteiger partial charge is 0.232 e. The Bertz CT molecular complexity index is 1010. The molecule has 0 fully saturated rings. The molecule has 2 aromatic carbocycles. The van der Waals surface area contributed by atoms with Crippen LogP contribution in [-0.2, 0) is 0 Å². The van der Waals surface area contributed by atoms with Crippen molar-refractivity contribution in [3.8, 4) is 11.5 Å². The third kappa shape index (κ3) is 8.82.